The Bertz CT molecular complexity index is 496. The first kappa shape index (κ1) is 13.5. The molecule has 1 aromatic rings. The highest BCUT2D eigenvalue weighted by molar-refractivity contribution is 5.94. The van der Waals surface area contributed by atoms with Gasteiger partial charge >= 0.3 is 0 Å². The van der Waals surface area contributed by atoms with Crippen LogP contribution in [0.2, 0.25) is 0 Å². The molecule has 2 N–H and O–H groups in total. The number of aromatic nitrogens is 1. The van der Waals surface area contributed by atoms with Crippen molar-refractivity contribution in [2.45, 2.75) is 57.5 Å². The molecule has 0 unspecified atom stereocenters. The summed E-state index contributed by atoms with van der Waals surface area (Å²) in [5.41, 5.74) is 7.36. The van der Waals surface area contributed by atoms with E-state index in [4.69, 9.17) is 5.73 Å². The summed E-state index contributed by atoms with van der Waals surface area (Å²) in [5.74, 6) is 0.939. The van der Waals surface area contributed by atoms with Crippen molar-refractivity contribution in [3.05, 3.63) is 18.0 Å². The molecule has 0 atom stereocenters. The molecular weight excluding hydrogens is 250 g/mol. The average molecular weight is 275 g/mol. The van der Waals surface area contributed by atoms with Crippen molar-refractivity contribution < 1.29 is 4.79 Å². The zero-order valence-electron chi connectivity index (χ0n) is 12.5. The molecule has 20 heavy (non-hydrogen) atoms. The van der Waals surface area contributed by atoms with Crippen molar-refractivity contribution in [1.29, 1.82) is 0 Å². The van der Waals surface area contributed by atoms with Crippen LogP contribution in [-0.2, 0) is 0 Å². The second kappa shape index (κ2) is 5.15. The number of carbonyl (C=O) groups excluding carboxylic acids is 1. The summed E-state index contributed by atoms with van der Waals surface area (Å²) in [6, 6.07) is 2.72. The maximum absolute atomic E-state index is 12.7. The first-order chi connectivity index (χ1) is 9.56. The van der Waals surface area contributed by atoms with E-state index in [0.29, 0.717) is 17.8 Å². The summed E-state index contributed by atoms with van der Waals surface area (Å²) in [7, 11) is 1.95. The highest BCUT2D eigenvalue weighted by atomic mass is 16.2. The fourth-order valence-corrected chi connectivity index (χ4v) is 3.30. The summed E-state index contributed by atoms with van der Waals surface area (Å²) < 4.78 is 2.08. The van der Waals surface area contributed by atoms with Gasteiger partial charge < -0.3 is 15.2 Å². The number of nitrogen functional groups attached to an aromatic ring is 1. The van der Waals surface area contributed by atoms with E-state index in [1.54, 1.807) is 0 Å². The number of hydrogen-bond acceptors (Lipinski definition) is 2. The first-order valence-electron chi connectivity index (χ1n) is 7.80. The maximum Gasteiger partial charge on any atom is 0.270 e. The van der Waals surface area contributed by atoms with Gasteiger partial charge in [-0.2, -0.15) is 0 Å². The van der Waals surface area contributed by atoms with Crippen LogP contribution >= 0.6 is 0 Å². The number of anilines is 1. The molecule has 0 aromatic carbocycles. The molecule has 2 fully saturated rings. The van der Waals surface area contributed by atoms with Gasteiger partial charge in [-0.15, -0.1) is 0 Å². The Labute approximate surface area is 120 Å². The molecule has 1 aromatic heterocycles. The molecule has 0 saturated heterocycles. The van der Waals surface area contributed by atoms with Gasteiger partial charge in [0.1, 0.15) is 5.69 Å². The summed E-state index contributed by atoms with van der Waals surface area (Å²) in [6.07, 6.45) is 8.97. The molecule has 0 bridgehead atoms. The third-order valence-electron chi connectivity index (χ3n) is 4.88. The number of nitrogens with two attached hydrogens (primary N) is 1. The van der Waals surface area contributed by atoms with Crippen LogP contribution in [0, 0.1) is 5.92 Å². The monoisotopic (exact) mass is 275 g/mol. The third-order valence-corrected chi connectivity index (χ3v) is 4.88. The third kappa shape index (κ3) is 2.56. The van der Waals surface area contributed by atoms with Crippen molar-refractivity contribution in [2.75, 3.05) is 12.8 Å². The van der Waals surface area contributed by atoms with E-state index in [2.05, 4.69) is 11.5 Å². The van der Waals surface area contributed by atoms with Crippen LogP contribution in [0.4, 0.5) is 5.69 Å². The number of amides is 1. The molecule has 0 aliphatic heterocycles. The molecule has 2 aliphatic rings. The highest BCUT2D eigenvalue weighted by Crippen LogP contribution is 2.37. The van der Waals surface area contributed by atoms with Crippen molar-refractivity contribution in [3.8, 4) is 0 Å². The van der Waals surface area contributed by atoms with Crippen LogP contribution in [0.15, 0.2) is 12.3 Å². The highest BCUT2D eigenvalue weighted by Gasteiger charge is 2.31. The molecule has 2 saturated carbocycles. The van der Waals surface area contributed by atoms with Gasteiger partial charge in [0.25, 0.3) is 5.91 Å². The lowest BCUT2D eigenvalue weighted by Gasteiger charge is -2.33. The van der Waals surface area contributed by atoms with Crippen LogP contribution in [0.25, 0.3) is 0 Å². The van der Waals surface area contributed by atoms with Gasteiger partial charge in [0.15, 0.2) is 0 Å². The zero-order chi connectivity index (χ0) is 14.3. The molecule has 1 heterocycles. The molecule has 3 rings (SSSR count). The van der Waals surface area contributed by atoms with Crippen LogP contribution in [-0.4, -0.2) is 28.5 Å². The lowest BCUT2D eigenvalue weighted by molar-refractivity contribution is 0.0668. The molecule has 1 amide bonds. The van der Waals surface area contributed by atoms with Crippen LogP contribution in [0.1, 0.15) is 62.0 Å². The van der Waals surface area contributed by atoms with Gasteiger partial charge in [0.2, 0.25) is 0 Å². The lowest BCUT2D eigenvalue weighted by atomic mass is 9.86. The molecule has 0 radical (unpaired) electrons. The van der Waals surface area contributed by atoms with Gasteiger partial charge in [-0.05, 0) is 50.5 Å². The first-order valence-corrected chi connectivity index (χ1v) is 7.80. The van der Waals surface area contributed by atoms with E-state index in [0.717, 1.165) is 24.5 Å². The Morgan fingerprint density at radius 3 is 2.50 bits per heavy atom. The summed E-state index contributed by atoms with van der Waals surface area (Å²) in [6.45, 7) is 2.30. The smallest absolute Gasteiger partial charge is 0.270 e. The van der Waals surface area contributed by atoms with Gasteiger partial charge in [0, 0.05) is 25.3 Å². The van der Waals surface area contributed by atoms with Gasteiger partial charge in [0.05, 0.1) is 5.69 Å². The topological polar surface area (TPSA) is 51.3 Å². The predicted octanol–water partition coefficient (Wildman–Crippen LogP) is 3.06. The quantitative estimate of drug-likeness (QED) is 0.921. The van der Waals surface area contributed by atoms with Crippen LogP contribution in [0.5, 0.6) is 0 Å². The second-order valence-corrected chi connectivity index (χ2v) is 6.63. The van der Waals surface area contributed by atoms with E-state index in [9.17, 15) is 4.79 Å². The average Bonchev–Trinajstić information content (AvgIpc) is 3.21. The zero-order valence-corrected chi connectivity index (χ0v) is 12.5. The maximum atomic E-state index is 12.7. The Balaban J connectivity index is 1.74. The van der Waals surface area contributed by atoms with Crippen LogP contribution in [0.3, 0.4) is 0 Å². The van der Waals surface area contributed by atoms with Gasteiger partial charge in [-0.1, -0.05) is 6.92 Å². The van der Waals surface area contributed by atoms with Crippen molar-refractivity contribution >= 4 is 11.6 Å². The fraction of sp³-hybridized carbons (Fsp3) is 0.688. The van der Waals surface area contributed by atoms with E-state index in [1.165, 1.54) is 25.7 Å². The standard InChI is InChI=1S/C16H25N3O/c1-11-3-5-13(6-4-11)18(2)16(20)15-9-12(17)10-19(15)14-7-8-14/h9-11,13-14H,3-8,17H2,1-2H3. The fourth-order valence-electron chi connectivity index (χ4n) is 3.30. The van der Waals surface area contributed by atoms with Crippen molar-refractivity contribution in [3.63, 3.8) is 0 Å². The normalized spacial score (nSPS) is 26.5. The molecule has 4 heteroatoms. The summed E-state index contributed by atoms with van der Waals surface area (Å²) >= 11 is 0. The van der Waals surface area contributed by atoms with Gasteiger partial charge in [-0.3, -0.25) is 4.79 Å². The summed E-state index contributed by atoms with van der Waals surface area (Å²) in [5, 5.41) is 0. The molecule has 110 valence electrons. The molecular formula is C16H25N3O. The largest absolute Gasteiger partial charge is 0.397 e. The molecule has 4 nitrogen and oxygen atoms in total. The van der Waals surface area contributed by atoms with E-state index in [-0.39, 0.29) is 5.91 Å². The molecule has 0 spiro atoms. The Morgan fingerprint density at radius 1 is 1.25 bits per heavy atom. The van der Waals surface area contributed by atoms with E-state index < -0.39 is 0 Å². The van der Waals surface area contributed by atoms with Gasteiger partial charge in [-0.25, -0.2) is 0 Å². The Hall–Kier alpha value is -1.45. The van der Waals surface area contributed by atoms with Crippen LogP contribution < -0.4 is 5.73 Å². The predicted molar refractivity (Wildman–Crippen MR) is 80.6 cm³/mol. The second-order valence-electron chi connectivity index (χ2n) is 6.63. The SMILES string of the molecule is CC1CCC(N(C)C(=O)c2cc(N)cn2C2CC2)CC1. The minimum Gasteiger partial charge on any atom is -0.397 e. The Kier molecular flexibility index (Phi) is 3.48. The number of rotatable bonds is 3. The summed E-state index contributed by atoms with van der Waals surface area (Å²) in [4.78, 5) is 14.7. The minimum atomic E-state index is 0.133. The molecule has 2 aliphatic carbocycles. The minimum absolute atomic E-state index is 0.133. The number of carbonyl (C=O) groups is 1. The van der Waals surface area contributed by atoms with Crippen molar-refractivity contribution in [2.24, 2.45) is 5.92 Å². The number of hydrogen-bond donors (Lipinski definition) is 1. The van der Waals surface area contributed by atoms with E-state index in [1.807, 2.05) is 24.2 Å². The number of nitrogens with zero attached hydrogens (tertiary/aromatic N) is 2. The lowest BCUT2D eigenvalue weighted by Crippen LogP contribution is -2.40. The van der Waals surface area contributed by atoms with E-state index >= 15 is 0 Å². The Morgan fingerprint density at radius 2 is 1.90 bits per heavy atom. The van der Waals surface area contributed by atoms with Crippen molar-refractivity contribution in [1.82, 2.24) is 9.47 Å².